The predicted molar refractivity (Wildman–Crippen MR) is 81.7 cm³/mol. The third kappa shape index (κ3) is 2.95. The summed E-state index contributed by atoms with van der Waals surface area (Å²) in [5, 5.41) is 23.1. The number of phenolic OH excluding ortho intramolecular Hbond substituents is 1. The van der Waals surface area contributed by atoms with Crippen molar-refractivity contribution in [3.05, 3.63) is 78.3 Å². The fourth-order valence-electron chi connectivity index (χ4n) is 2.24. The number of benzene rings is 1. The highest BCUT2D eigenvalue weighted by atomic mass is 16.3. The number of allylic oxidation sites excluding steroid dienone is 1. The molecule has 0 aliphatic heterocycles. The third-order valence-electron chi connectivity index (χ3n) is 3.44. The van der Waals surface area contributed by atoms with E-state index in [1.165, 1.54) is 0 Å². The van der Waals surface area contributed by atoms with Gasteiger partial charge in [0.25, 0.3) is 0 Å². The lowest BCUT2D eigenvalue weighted by Gasteiger charge is -2.26. The van der Waals surface area contributed by atoms with Crippen LogP contribution in [0, 0.1) is 0 Å². The minimum Gasteiger partial charge on any atom is -0.508 e. The van der Waals surface area contributed by atoms with Gasteiger partial charge in [-0.1, -0.05) is 12.1 Å². The fourth-order valence-corrected chi connectivity index (χ4v) is 2.24. The van der Waals surface area contributed by atoms with Crippen molar-refractivity contribution >= 4 is 5.69 Å². The van der Waals surface area contributed by atoms with Gasteiger partial charge in [-0.15, -0.1) is 0 Å². The van der Waals surface area contributed by atoms with Gasteiger partial charge in [0.05, 0.1) is 5.69 Å². The SMILES string of the molecule is Oc1ccc(NC2=CCC(O)(c3ccccn3)C=C2)cc1. The van der Waals surface area contributed by atoms with Crippen molar-refractivity contribution in [1.29, 1.82) is 0 Å². The van der Waals surface area contributed by atoms with E-state index in [1.54, 1.807) is 36.5 Å². The Morgan fingerprint density at radius 3 is 2.52 bits per heavy atom. The lowest BCUT2D eigenvalue weighted by Crippen LogP contribution is -2.26. The Morgan fingerprint density at radius 2 is 1.90 bits per heavy atom. The number of nitrogens with one attached hydrogen (secondary N) is 1. The molecule has 0 saturated carbocycles. The first-order valence-corrected chi connectivity index (χ1v) is 6.75. The van der Waals surface area contributed by atoms with Crippen LogP contribution in [-0.2, 0) is 5.60 Å². The predicted octanol–water partition coefficient (Wildman–Crippen LogP) is 2.93. The van der Waals surface area contributed by atoms with Gasteiger partial charge in [0.2, 0.25) is 0 Å². The molecule has 0 amide bonds. The lowest BCUT2D eigenvalue weighted by molar-refractivity contribution is 0.0865. The zero-order chi connectivity index (χ0) is 14.7. The Bertz CT molecular complexity index is 678. The molecule has 21 heavy (non-hydrogen) atoms. The number of pyridine rings is 1. The second kappa shape index (κ2) is 5.42. The molecule has 0 spiro atoms. The topological polar surface area (TPSA) is 65.4 Å². The quantitative estimate of drug-likeness (QED) is 0.756. The molecule has 1 aliphatic rings. The summed E-state index contributed by atoms with van der Waals surface area (Å²) in [4.78, 5) is 4.21. The van der Waals surface area contributed by atoms with Crippen molar-refractivity contribution in [3.63, 3.8) is 0 Å². The summed E-state index contributed by atoms with van der Waals surface area (Å²) < 4.78 is 0. The van der Waals surface area contributed by atoms with E-state index in [0.29, 0.717) is 12.1 Å². The normalized spacial score (nSPS) is 20.9. The first-order chi connectivity index (χ1) is 10.2. The van der Waals surface area contributed by atoms with Crippen molar-refractivity contribution in [1.82, 2.24) is 4.98 Å². The number of phenols is 1. The van der Waals surface area contributed by atoms with Gasteiger partial charge in [0, 0.05) is 24.0 Å². The van der Waals surface area contributed by atoms with Crippen molar-refractivity contribution in [2.24, 2.45) is 0 Å². The van der Waals surface area contributed by atoms with Crippen LogP contribution in [0.25, 0.3) is 0 Å². The molecule has 4 heteroatoms. The number of hydrogen-bond donors (Lipinski definition) is 3. The molecule has 1 aromatic heterocycles. The maximum Gasteiger partial charge on any atom is 0.128 e. The molecule has 3 rings (SSSR count). The Kier molecular flexibility index (Phi) is 3.46. The number of hydrogen-bond acceptors (Lipinski definition) is 4. The average Bonchev–Trinajstić information content (AvgIpc) is 2.53. The summed E-state index contributed by atoms with van der Waals surface area (Å²) in [6.45, 7) is 0. The van der Waals surface area contributed by atoms with E-state index in [0.717, 1.165) is 11.4 Å². The van der Waals surface area contributed by atoms with Gasteiger partial charge in [-0.05, 0) is 48.6 Å². The Labute approximate surface area is 123 Å². The molecule has 0 bridgehead atoms. The molecule has 1 unspecified atom stereocenters. The van der Waals surface area contributed by atoms with Crippen molar-refractivity contribution < 1.29 is 10.2 Å². The molecule has 1 aliphatic carbocycles. The van der Waals surface area contributed by atoms with Crippen LogP contribution in [0.1, 0.15) is 12.1 Å². The average molecular weight is 280 g/mol. The molecule has 2 aromatic rings. The second-order valence-electron chi connectivity index (χ2n) is 5.01. The van der Waals surface area contributed by atoms with Crippen LogP contribution < -0.4 is 5.32 Å². The highest BCUT2D eigenvalue weighted by molar-refractivity contribution is 5.53. The van der Waals surface area contributed by atoms with E-state index in [4.69, 9.17) is 0 Å². The van der Waals surface area contributed by atoms with Gasteiger partial charge in [0.15, 0.2) is 0 Å². The van der Waals surface area contributed by atoms with E-state index in [2.05, 4.69) is 10.3 Å². The van der Waals surface area contributed by atoms with E-state index < -0.39 is 5.60 Å². The molecule has 106 valence electrons. The van der Waals surface area contributed by atoms with Crippen LogP contribution in [0.15, 0.2) is 72.6 Å². The van der Waals surface area contributed by atoms with Gasteiger partial charge < -0.3 is 15.5 Å². The first-order valence-electron chi connectivity index (χ1n) is 6.75. The summed E-state index contributed by atoms with van der Waals surface area (Å²) in [7, 11) is 0. The Hall–Kier alpha value is -2.59. The summed E-state index contributed by atoms with van der Waals surface area (Å²) in [5.41, 5.74) is 1.37. The van der Waals surface area contributed by atoms with Crippen LogP contribution in [0.2, 0.25) is 0 Å². The Morgan fingerprint density at radius 1 is 1.10 bits per heavy atom. The van der Waals surface area contributed by atoms with Crippen LogP contribution in [0.4, 0.5) is 5.69 Å². The molecular weight excluding hydrogens is 264 g/mol. The summed E-state index contributed by atoms with van der Waals surface area (Å²) in [5.74, 6) is 0.234. The third-order valence-corrected chi connectivity index (χ3v) is 3.44. The van der Waals surface area contributed by atoms with Crippen LogP contribution in [0.5, 0.6) is 5.75 Å². The molecule has 0 saturated heterocycles. The number of nitrogens with zero attached hydrogens (tertiary/aromatic N) is 1. The molecule has 1 atom stereocenters. The van der Waals surface area contributed by atoms with Crippen molar-refractivity contribution in [2.45, 2.75) is 12.0 Å². The smallest absolute Gasteiger partial charge is 0.128 e. The van der Waals surface area contributed by atoms with Crippen LogP contribution >= 0.6 is 0 Å². The Balaban J connectivity index is 1.73. The second-order valence-corrected chi connectivity index (χ2v) is 5.01. The number of aromatic hydroxyl groups is 1. The summed E-state index contributed by atoms with van der Waals surface area (Å²) in [6, 6.07) is 12.3. The number of rotatable bonds is 3. The first kappa shape index (κ1) is 13.4. The maximum atomic E-state index is 10.6. The highest BCUT2D eigenvalue weighted by Crippen LogP contribution is 2.30. The van der Waals surface area contributed by atoms with Crippen molar-refractivity contribution in [2.75, 3.05) is 5.32 Å². The number of aromatic nitrogens is 1. The molecule has 3 N–H and O–H groups in total. The monoisotopic (exact) mass is 280 g/mol. The van der Waals surface area contributed by atoms with E-state index in [-0.39, 0.29) is 5.75 Å². The summed E-state index contributed by atoms with van der Waals surface area (Å²) >= 11 is 0. The molecular formula is C17H16N2O2. The molecule has 1 aromatic carbocycles. The summed E-state index contributed by atoms with van der Waals surface area (Å²) in [6.07, 6.45) is 7.65. The largest absolute Gasteiger partial charge is 0.508 e. The van der Waals surface area contributed by atoms with Gasteiger partial charge in [-0.2, -0.15) is 0 Å². The molecule has 1 heterocycles. The van der Waals surface area contributed by atoms with E-state index >= 15 is 0 Å². The number of aliphatic hydroxyl groups is 1. The minimum atomic E-state index is -1.05. The van der Waals surface area contributed by atoms with Gasteiger partial charge >= 0.3 is 0 Å². The standard InChI is InChI=1S/C17H16N2O2/c20-15-6-4-13(5-7-15)19-14-8-10-17(21,11-9-14)16-3-1-2-12-18-16/h1-10,12,19-21H,11H2. The van der Waals surface area contributed by atoms with Gasteiger partial charge in [-0.3, -0.25) is 4.98 Å². The van der Waals surface area contributed by atoms with Crippen LogP contribution in [-0.4, -0.2) is 15.2 Å². The minimum absolute atomic E-state index is 0.234. The highest BCUT2D eigenvalue weighted by Gasteiger charge is 2.28. The molecule has 4 nitrogen and oxygen atoms in total. The van der Waals surface area contributed by atoms with Gasteiger partial charge in [-0.25, -0.2) is 0 Å². The van der Waals surface area contributed by atoms with Gasteiger partial charge in [0.1, 0.15) is 11.4 Å². The zero-order valence-electron chi connectivity index (χ0n) is 11.4. The zero-order valence-corrected chi connectivity index (χ0v) is 11.4. The van der Waals surface area contributed by atoms with E-state index in [9.17, 15) is 10.2 Å². The number of anilines is 1. The maximum absolute atomic E-state index is 10.6. The van der Waals surface area contributed by atoms with E-state index in [1.807, 2.05) is 30.4 Å². The van der Waals surface area contributed by atoms with Crippen molar-refractivity contribution in [3.8, 4) is 5.75 Å². The fraction of sp³-hybridized carbons (Fsp3) is 0.118. The molecule has 0 fully saturated rings. The lowest BCUT2D eigenvalue weighted by atomic mass is 9.90. The molecule has 0 radical (unpaired) electrons. The van der Waals surface area contributed by atoms with Crippen LogP contribution in [0.3, 0.4) is 0 Å².